The first-order chi connectivity index (χ1) is 13.5. The van der Waals surface area contributed by atoms with E-state index in [-0.39, 0.29) is 24.8 Å². The van der Waals surface area contributed by atoms with Gasteiger partial charge in [-0.1, -0.05) is 48.5 Å². The van der Waals surface area contributed by atoms with Crippen LogP contribution in [0.1, 0.15) is 32.5 Å². The highest BCUT2D eigenvalue weighted by atomic mass is 79.9. The highest BCUT2D eigenvalue weighted by Crippen LogP contribution is 2.44. The number of aromatic nitrogens is 1. The molecule has 0 saturated carbocycles. The molecule has 2 N–H and O–H groups in total. The molecule has 1 aromatic heterocycles. The van der Waals surface area contributed by atoms with Crippen molar-refractivity contribution in [1.82, 2.24) is 10.3 Å². The van der Waals surface area contributed by atoms with Crippen molar-refractivity contribution in [3.63, 3.8) is 0 Å². The summed E-state index contributed by atoms with van der Waals surface area (Å²) in [5, 5.41) is 12.1. The Balaban J connectivity index is 1.40. The number of fused-ring (bicyclic) bond motifs is 3. The van der Waals surface area contributed by atoms with Gasteiger partial charge in [-0.3, -0.25) is 0 Å². The van der Waals surface area contributed by atoms with Crippen molar-refractivity contribution < 1.29 is 19.4 Å². The van der Waals surface area contributed by atoms with E-state index < -0.39 is 12.1 Å². The van der Waals surface area contributed by atoms with Crippen LogP contribution in [0.2, 0.25) is 0 Å². The molecule has 28 heavy (non-hydrogen) atoms. The van der Waals surface area contributed by atoms with Gasteiger partial charge in [-0.15, -0.1) is 11.3 Å². The van der Waals surface area contributed by atoms with Gasteiger partial charge in [-0.25, -0.2) is 14.6 Å². The van der Waals surface area contributed by atoms with Crippen LogP contribution in [-0.4, -0.2) is 28.8 Å². The molecular weight excluding hydrogens is 444 g/mol. The summed E-state index contributed by atoms with van der Waals surface area (Å²) in [6.45, 7) is 0.328. The fraction of sp³-hybridized carbons (Fsp3) is 0.150. The second-order valence-corrected chi connectivity index (χ2v) is 8.62. The van der Waals surface area contributed by atoms with Crippen LogP contribution in [0.4, 0.5) is 4.79 Å². The molecule has 0 radical (unpaired) electrons. The van der Waals surface area contributed by atoms with Gasteiger partial charge in [-0.2, -0.15) is 0 Å². The first kappa shape index (κ1) is 18.6. The number of hydrogen-bond donors (Lipinski definition) is 2. The summed E-state index contributed by atoms with van der Waals surface area (Å²) in [6.07, 6.45) is -0.565. The lowest BCUT2D eigenvalue weighted by molar-refractivity contribution is 0.0690. The average molecular weight is 459 g/mol. The molecule has 1 amide bonds. The summed E-state index contributed by atoms with van der Waals surface area (Å²) in [5.74, 6) is -1.12. The molecule has 1 heterocycles. The Morgan fingerprint density at radius 2 is 1.71 bits per heavy atom. The maximum Gasteiger partial charge on any atom is 0.407 e. The van der Waals surface area contributed by atoms with Crippen LogP contribution in [0.25, 0.3) is 11.1 Å². The Morgan fingerprint density at radius 1 is 1.11 bits per heavy atom. The Hall–Kier alpha value is -2.71. The number of ether oxygens (including phenoxy) is 1. The van der Waals surface area contributed by atoms with E-state index in [2.05, 4.69) is 50.5 Å². The van der Waals surface area contributed by atoms with Gasteiger partial charge in [0.15, 0.2) is 5.69 Å². The molecule has 1 aliphatic carbocycles. The van der Waals surface area contributed by atoms with E-state index in [9.17, 15) is 9.59 Å². The predicted molar refractivity (Wildman–Crippen MR) is 109 cm³/mol. The largest absolute Gasteiger partial charge is 0.476 e. The minimum Gasteiger partial charge on any atom is -0.476 e. The van der Waals surface area contributed by atoms with Gasteiger partial charge in [0.25, 0.3) is 0 Å². The number of carbonyl (C=O) groups excluding carboxylic acids is 1. The molecule has 0 fully saturated rings. The third-order valence-electron chi connectivity index (χ3n) is 4.56. The normalized spacial score (nSPS) is 12.3. The number of nitrogens with zero attached hydrogens (tertiary/aromatic N) is 1. The second-order valence-electron chi connectivity index (χ2n) is 6.21. The molecule has 1 aliphatic rings. The van der Waals surface area contributed by atoms with E-state index in [1.807, 2.05) is 24.3 Å². The van der Waals surface area contributed by atoms with Gasteiger partial charge in [0, 0.05) is 5.92 Å². The third kappa shape index (κ3) is 3.53. The first-order valence-electron chi connectivity index (χ1n) is 8.52. The number of carboxylic acid groups (broad SMARTS) is 1. The number of nitrogens with one attached hydrogen (secondary N) is 1. The highest BCUT2D eigenvalue weighted by Gasteiger charge is 2.29. The van der Waals surface area contributed by atoms with Crippen molar-refractivity contribution in [3.8, 4) is 11.1 Å². The number of aromatic carboxylic acids is 1. The van der Waals surface area contributed by atoms with Crippen molar-refractivity contribution >= 4 is 39.3 Å². The molecule has 0 bridgehead atoms. The number of carboxylic acids is 1. The van der Waals surface area contributed by atoms with Gasteiger partial charge in [0.1, 0.15) is 15.4 Å². The van der Waals surface area contributed by atoms with Crippen molar-refractivity contribution in [1.29, 1.82) is 0 Å². The second kappa shape index (κ2) is 7.73. The van der Waals surface area contributed by atoms with Crippen LogP contribution >= 0.6 is 27.3 Å². The summed E-state index contributed by atoms with van der Waals surface area (Å²) in [6, 6.07) is 16.2. The van der Waals surface area contributed by atoms with E-state index in [0.717, 1.165) is 22.5 Å². The number of carbonyl (C=O) groups is 2. The van der Waals surface area contributed by atoms with E-state index in [0.29, 0.717) is 8.79 Å². The van der Waals surface area contributed by atoms with Gasteiger partial charge in [-0.05, 0) is 38.2 Å². The summed E-state index contributed by atoms with van der Waals surface area (Å²) >= 11 is 4.33. The number of rotatable bonds is 5. The van der Waals surface area contributed by atoms with Crippen LogP contribution < -0.4 is 5.32 Å². The lowest BCUT2D eigenvalue weighted by atomic mass is 9.98. The van der Waals surface area contributed by atoms with E-state index in [1.54, 1.807) is 0 Å². The fourth-order valence-corrected chi connectivity index (χ4v) is 4.88. The maximum absolute atomic E-state index is 12.1. The van der Waals surface area contributed by atoms with E-state index in [1.165, 1.54) is 11.1 Å². The zero-order chi connectivity index (χ0) is 19.7. The molecule has 3 aromatic rings. The molecule has 142 valence electrons. The molecule has 0 aliphatic heterocycles. The third-order valence-corrected chi connectivity index (χ3v) is 6.27. The summed E-state index contributed by atoms with van der Waals surface area (Å²) in [7, 11) is 0. The summed E-state index contributed by atoms with van der Waals surface area (Å²) in [4.78, 5) is 27.1. The van der Waals surface area contributed by atoms with Crippen molar-refractivity contribution in [2.24, 2.45) is 0 Å². The van der Waals surface area contributed by atoms with Gasteiger partial charge < -0.3 is 15.2 Å². The van der Waals surface area contributed by atoms with Crippen LogP contribution in [0.5, 0.6) is 0 Å². The minimum atomic E-state index is -1.12. The Bertz CT molecular complexity index is 1020. The zero-order valence-electron chi connectivity index (χ0n) is 14.5. The van der Waals surface area contributed by atoms with Crippen LogP contribution in [-0.2, 0) is 11.3 Å². The smallest absolute Gasteiger partial charge is 0.407 e. The zero-order valence-corrected chi connectivity index (χ0v) is 16.9. The average Bonchev–Trinajstić information content (AvgIpc) is 3.23. The van der Waals surface area contributed by atoms with Crippen molar-refractivity contribution in [2.45, 2.75) is 12.5 Å². The van der Waals surface area contributed by atoms with Crippen molar-refractivity contribution in [3.05, 3.63) is 74.1 Å². The lowest BCUT2D eigenvalue weighted by Crippen LogP contribution is -2.25. The van der Waals surface area contributed by atoms with Crippen LogP contribution in [0.3, 0.4) is 0 Å². The maximum atomic E-state index is 12.1. The quantitative estimate of drug-likeness (QED) is 0.580. The van der Waals surface area contributed by atoms with Crippen molar-refractivity contribution in [2.75, 3.05) is 6.61 Å². The molecular formula is C20H15BrN2O4S. The topological polar surface area (TPSA) is 88.5 Å². The van der Waals surface area contributed by atoms with Gasteiger partial charge in [0.2, 0.25) is 0 Å². The lowest BCUT2D eigenvalue weighted by Gasteiger charge is -2.14. The highest BCUT2D eigenvalue weighted by molar-refractivity contribution is 9.11. The van der Waals surface area contributed by atoms with Crippen LogP contribution in [0, 0.1) is 0 Å². The number of benzene rings is 2. The van der Waals surface area contributed by atoms with Gasteiger partial charge >= 0.3 is 12.1 Å². The molecule has 6 nitrogen and oxygen atoms in total. The number of halogens is 1. The molecule has 4 rings (SSSR count). The summed E-state index contributed by atoms with van der Waals surface area (Å²) < 4.78 is 5.87. The first-order valence-corrected chi connectivity index (χ1v) is 10.1. The Morgan fingerprint density at radius 3 is 2.29 bits per heavy atom. The molecule has 0 unspecified atom stereocenters. The molecule has 0 atom stereocenters. The SMILES string of the molecule is O=C(NCc1nc(C(=O)O)c(Br)s1)OCC1c2ccccc2-c2ccccc21. The number of thiazole rings is 1. The van der Waals surface area contributed by atoms with E-state index >= 15 is 0 Å². The Kier molecular flexibility index (Phi) is 5.15. The predicted octanol–water partition coefficient (Wildman–Crippen LogP) is 4.64. The number of amides is 1. The summed E-state index contributed by atoms with van der Waals surface area (Å²) in [5.41, 5.74) is 4.56. The monoisotopic (exact) mass is 458 g/mol. The molecule has 8 heteroatoms. The fourth-order valence-electron chi connectivity index (χ4n) is 3.35. The number of alkyl carbamates (subject to hydrolysis) is 1. The molecule has 0 spiro atoms. The standard InChI is InChI=1S/C20H15BrN2O4S/c21-18-17(19(24)25)23-16(28-18)9-22-20(26)27-10-15-13-7-3-1-5-11(13)12-6-2-4-8-14(12)15/h1-8,15H,9-10H2,(H,22,26)(H,24,25). The molecule has 0 saturated heterocycles. The Labute approximate surface area is 173 Å². The van der Waals surface area contributed by atoms with Gasteiger partial charge in [0.05, 0.1) is 6.54 Å². The minimum absolute atomic E-state index is 0.00855. The molecule has 2 aromatic carbocycles. The number of hydrogen-bond acceptors (Lipinski definition) is 5. The van der Waals surface area contributed by atoms with E-state index in [4.69, 9.17) is 9.84 Å². The van der Waals surface area contributed by atoms with Crippen LogP contribution in [0.15, 0.2) is 52.3 Å².